The molecule has 1 aliphatic heterocycles. The molecule has 0 aliphatic carbocycles. The highest BCUT2D eigenvalue weighted by atomic mass is 19.1. The molecule has 0 radical (unpaired) electrons. The second-order valence-corrected chi connectivity index (χ2v) is 7.17. The van der Waals surface area contributed by atoms with Gasteiger partial charge < -0.3 is 4.98 Å². The topological polar surface area (TPSA) is 31.9 Å². The number of pyridine rings is 1. The first kappa shape index (κ1) is 17.1. The number of aromatic nitrogens is 2. The Morgan fingerprint density at radius 2 is 1.89 bits per heavy atom. The molecule has 1 atom stereocenters. The Hall–Kier alpha value is -3.05. The number of nitrogens with one attached hydrogen (secondary N) is 1. The predicted molar refractivity (Wildman–Crippen MR) is 105 cm³/mol. The van der Waals surface area contributed by atoms with Crippen LogP contribution < -0.4 is 0 Å². The molecule has 4 aromatic rings. The zero-order valence-electron chi connectivity index (χ0n) is 15.2. The fourth-order valence-corrected chi connectivity index (χ4v) is 4.24. The van der Waals surface area contributed by atoms with Gasteiger partial charge in [-0.3, -0.25) is 9.88 Å². The van der Waals surface area contributed by atoms with Crippen molar-refractivity contribution in [2.45, 2.75) is 19.0 Å². The highest BCUT2D eigenvalue weighted by Gasteiger charge is 2.33. The molecular formula is C23H19F2N3. The number of nitrogens with zero attached hydrogens (tertiary/aromatic N) is 2. The minimum atomic E-state index is -0.433. The molecule has 0 saturated heterocycles. The van der Waals surface area contributed by atoms with Crippen molar-refractivity contribution in [1.29, 1.82) is 0 Å². The van der Waals surface area contributed by atoms with E-state index in [9.17, 15) is 8.78 Å². The van der Waals surface area contributed by atoms with Gasteiger partial charge in [0.1, 0.15) is 11.6 Å². The highest BCUT2D eigenvalue weighted by molar-refractivity contribution is 5.85. The number of fused-ring (bicyclic) bond motifs is 3. The second-order valence-electron chi connectivity index (χ2n) is 7.17. The number of para-hydroxylation sites is 1. The number of H-pyrrole nitrogens is 1. The fourth-order valence-electron chi connectivity index (χ4n) is 4.24. The summed E-state index contributed by atoms with van der Waals surface area (Å²) in [7, 11) is 0. The highest BCUT2D eigenvalue weighted by Crippen LogP contribution is 2.39. The summed E-state index contributed by atoms with van der Waals surface area (Å²) in [6.45, 7) is 1.31. The number of aromatic amines is 1. The molecule has 0 saturated carbocycles. The number of benzene rings is 2. The van der Waals surface area contributed by atoms with Crippen molar-refractivity contribution in [3.8, 4) is 0 Å². The molecule has 0 fully saturated rings. The normalized spacial score (nSPS) is 17.0. The third kappa shape index (κ3) is 2.88. The van der Waals surface area contributed by atoms with E-state index >= 15 is 0 Å². The Balaban J connectivity index is 1.67. The predicted octanol–water partition coefficient (Wildman–Crippen LogP) is 4.99. The Morgan fingerprint density at radius 1 is 1.04 bits per heavy atom. The van der Waals surface area contributed by atoms with Crippen LogP contribution in [0.5, 0.6) is 0 Å². The van der Waals surface area contributed by atoms with Crippen molar-refractivity contribution >= 4 is 10.9 Å². The Bertz CT molecular complexity index is 1140. The maximum atomic E-state index is 14.8. The van der Waals surface area contributed by atoms with Crippen molar-refractivity contribution in [2.75, 3.05) is 6.54 Å². The lowest BCUT2D eigenvalue weighted by Gasteiger charge is -2.36. The third-order valence-electron chi connectivity index (χ3n) is 5.48. The van der Waals surface area contributed by atoms with Gasteiger partial charge in [0.05, 0.1) is 11.7 Å². The molecule has 28 heavy (non-hydrogen) atoms. The summed E-state index contributed by atoms with van der Waals surface area (Å²) < 4.78 is 28.8. The monoisotopic (exact) mass is 375 g/mol. The molecule has 3 heterocycles. The molecule has 1 aliphatic rings. The molecule has 0 amide bonds. The van der Waals surface area contributed by atoms with Crippen molar-refractivity contribution in [2.24, 2.45) is 0 Å². The summed E-state index contributed by atoms with van der Waals surface area (Å²) in [6.07, 6.45) is 2.60. The molecule has 5 rings (SSSR count). The van der Waals surface area contributed by atoms with Gasteiger partial charge >= 0.3 is 0 Å². The number of halogens is 2. The summed E-state index contributed by atoms with van der Waals surface area (Å²) in [4.78, 5) is 10.1. The van der Waals surface area contributed by atoms with Crippen LogP contribution >= 0.6 is 0 Å². The molecular weight excluding hydrogens is 356 g/mol. The minimum absolute atomic E-state index is 0.350. The summed E-state index contributed by atoms with van der Waals surface area (Å²) in [5.74, 6) is -0.832. The first-order chi connectivity index (χ1) is 13.7. The first-order valence-corrected chi connectivity index (χ1v) is 9.39. The smallest absolute Gasteiger partial charge is 0.128 e. The maximum absolute atomic E-state index is 14.8. The lowest BCUT2D eigenvalue weighted by Crippen LogP contribution is -2.36. The SMILES string of the molecule is Fc1ccc(F)c(C2c3[nH]c4ccccc4c3CCN2Cc2ccccn2)c1. The molecule has 1 unspecified atom stereocenters. The summed E-state index contributed by atoms with van der Waals surface area (Å²) in [5.41, 5.74) is 4.40. The van der Waals surface area contributed by atoms with Gasteiger partial charge in [-0.1, -0.05) is 24.3 Å². The van der Waals surface area contributed by atoms with Gasteiger partial charge in [-0.05, 0) is 48.4 Å². The number of rotatable bonds is 3. The lowest BCUT2D eigenvalue weighted by molar-refractivity contribution is 0.195. The summed E-state index contributed by atoms with van der Waals surface area (Å²) in [6, 6.07) is 17.2. The van der Waals surface area contributed by atoms with E-state index in [0.717, 1.165) is 41.3 Å². The van der Waals surface area contributed by atoms with E-state index < -0.39 is 17.7 Å². The lowest BCUT2D eigenvalue weighted by atomic mass is 9.91. The Morgan fingerprint density at radius 3 is 2.75 bits per heavy atom. The average molecular weight is 375 g/mol. The van der Waals surface area contributed by atoms with Crippen LogP contribution in [0.15, 0.2) is 66.9 Å². The quantitative estimate of drug-likeness (QED) is 0.547. The molecule has 2 aromatic carbocycles. The van der Waals surface area contributed by atoms with Gasteiger partial charge in [-0.15, -0.1) is 0 Å². The van der Waals surface area contributed by atoms with Crippen LogP contribution in [0.2, 0.25) is 0 Å². The average Bonchev–Trinajstić information content (AvgIpc) is 3.09. The first-order valence-electron chi connectivity index (χ1n) is 9.39. The van der Waals surface area contributed by atoms with Crippen molar-refractivity contribution in [1.82, 2.24) is 14.9 Å². The van der Waals surface area contributed by atoms with E-state index in [1.54, 1.807) is 6.20 Å². The van der Waals surface area contributed by atoms with E-state index in [-0.39, 0.29) is 0 Å². The van der Waals surface area contributed by atoms with Crippen molar-refractivity contribution in [3.05, 3.63) is 101 Å². The van der Waals surface area contributed by atoms with E-state index in [4.69, 9.17) is 0 Å². The Labute approximate surface area is 161 Å². The maximum Gasteiger partial charge on any atom is 0.128 e. The van der Waals surface area contributed by atoms with Gasteiger partial charge in [-0.2, -0.15) is 0 Å². The zero-order chi connectivity index (χ0) is 19.1. The van der Waals surface area contributed by atoms with Gasteiger partial charge in [0.2, 0.25) is 0 Å². The molecule has 0 bridgehead atoms. The molecule has 1 N–H and O–H groups in total. The minimum Gasteiger partial charge on any atom is -0.357 e. The van der Waals surface area contributed by atoms with Crippen LogP contribution in [0.25, 0.3) is 10.9 Å². The van der Waals surface area contributed by atoms with E-state index in [1.165, 1.54) is 17.7 Å². The van der Waals surface area contributed by atoms with Gasteiger partial charge in [0.25, 0.3) is 0 Å². The van der Waals surface area contributed by atoms with Crippen molar-refractivity contribution in [3.63, 3.8) is 0 Å². The molecule has 3 nitrogen and oxygen atoms in total. The molecule has 140 valence electrons. The number of hydrogen-bond donors (Lipinski definition) is 1. The molecule has 0 spiro atoms. The van der Waals surface area contributed by atoms with Gasteiger partial charge in [0, 0.05) is 41.4 Å². The zero-order valence-corrected chi connectivity index (χ0v) is 15.2. The van der Waals surface area contributed by atoms with Gasteiger partial charge in [-0.25, -0.2) is 8.78 Å². The van der Waals surface area contributed by atoms with E-state index in [1.807, 2.05) is 36.4 Å². The van der Waals surface area contributed by atoms with Crippen LogP contribution in [-0.4, -0.2) is 21.4 Å². The summed E-state index contributed by atoms with van der Waals surface area (Å²) >= 11 is 0. The van der Waals surface area contributed by atoms with Crippen LogP contribution in [0.1, 0.15) is 28.6 Å². The van der Waals surface area contributed by atoms with Gasteiger partial charge in [0.15, 0.2) is 0 Å². The van der Waals surface area contributed by atoms with E-state index in [2.05, 4.69) is 20.9 Å². The van der Waals surface area contributed by atoms with Crippen LogP contribution in [0.3, 0.4) is 0 Å². The van der Waals surface area contributed by atoms with E-state index in [0.29, 0.717) is 12.1 Å². The fraction of sp³-hybridized carbons (Fsp3) is 0.174. The van der Waals surface area contributed by atoms with Crippen LogP contribution in [-0.2, 0) is 13.0 Å². The van der Waals surface area contributed by atoms with Crippen LogP contribution in [0.4, 0.5) is 8.78 Å². The van der Waals surface area contributed by atoms with Crippen molar-refractivity contribution < 1.29 is 8.78 Å². The molecule has 5 heteroatoms. The number of hydrogen-bond acceptors (Lipinski definition) is 2. The third-order valence-corrected chi connectivity index (χ3v) is 5.48. The second kappa shape index (κ2) is 6.84. The van der Waals surface area contributed by atoms with Crippen LogP contribution in [0, 0.1) is 11.6 Å². The largest absolute Gasteiger partial charge is 0.357 e. The molecule has 2 aromatic heterocycles. The standard InChI is InChI=1S/C23H19F2N3/c24-15-8-9-20(25)19(13-15)23-22-18(17-6-1-2-7-21(17)27-22)10-12-28(23)14-16-5-3-4-11-26-16/h1-9,11,13,23,27H,10,12,14H2. The summed E-state index contributed by atoms with van der Waals surface area (Å²) in [5, 5.41) is 1.15. The Kier molecular flexibility index (Phi) is 4.17.